The Balaban J connectivity index is 1.80. The molecule has 4 nitrogen and oxygen atoms in total. The molecule has 0 spiro atoms. The summed E-state index contributed by atoms with van der Waals surface area (Å²) in [4.78, 5) is 0. The zero-order valence-corrected chi connectivity index (χ0v) is 9.05. The molecule has 2 heterocycles. The van der Waals surface area contributed by atoms with Crippen molar-refractivity contribution in [1.82, 2.24) is 5.32 Å². The lowest BCUT2D eigenvalue weighted by atomic mass is 10.1. The van der Waals surface area contributed by atoms with Crippen molar-refractivity contribution < 1.29 is 13.2 Å². The number of hydrogen-bond donors (Lipinski definition) is 1. The fraction of sp³-hybridized carbons (Fsp3) is 1.00. The van der Waals surface area contributed by atoms with Gasteiger partial charge >= 0.3 is 0 Å². The largest absolute Gasteiger partial charge is 0.373 e. The SMILES string of the molecule is O=S1(=O)CCC(O[C@H]2CCCNC2)C1. The molecule has 14 heavy (non-hydrogen) atoms. The molecule has 2 aliphatic rings. The lowest BCUT2D eigenvalue weighted by molar-refractivity contribution is -0.00961. The van der Waals surface area contributed by atoms with Crippen LogP contribution in [0.5, 0.6) is 0 Å². The second kappa shape index (κ2) is 4.16. The maximum Gasteiger partial charge on any atom is 0.152 e. The Bertz CT molecular complexity index is 282. The molecule has 0 bridgehead atoms. The van der Waals surface area contributed by atoms with Crippen LogP contribution < -0.4 is 5.32 Å². The molecular formula is C9H17NO3S. The monoisotopic (exact) mass is 219 g/mol. The molecule has 0 amide bonds. The average Bonchev–Trinajstić information content (AvgIpc) is 2.47. The molecule has 5 heteroatoms. The van der Waals surface area contributed by atoms with Gasteiger partial charge in [-0.05, 0) is 25.8 Å². The van der Waals surface area contributed by atoms with Gasteiger partial charge in [0.1, 0.15) is 0 Å². The number of piperidine rings is 1. The van der Waals surface area contributed by atoms with Crippen molar-refractivity contribution in [2.45, 2.75) is 31.5 Å². The van der Waals surface area contributed by atoms with Gasteiger partial charge < -0.3 is 10.1 Å². The molecule has 0 aliphatic carbocycles. The first-order valence-corrected chi connectivity index (χ1v) is 7.04. The zero-order valence-electron chi connectivity index (χ0n) is 8.24. The molecule has 1 N–H and O–H groups in total. The van der Waals surface area contributed by atoms with E-state index in [0.29, 0.717) is 12.2 Å². The van der Waals surface area contributed by atoms with Crippen molar-refractivity contribution in [3.8, 4) is 0 Å². The van der Waals surface area contributed by atoms with Gasteiger partial charge in [0.05, 0.1) is 23.7 Å². The van der Waals surface area contributed by atoms with Crippen molar-refractivity contribution >= 4 is 9.84 Å². The van der Waals surface area contributed by atoms with Crippen LogP contribution in [0.4, 0.5) is 0 Å². The lowest BCUT2D eigenvalue weighted by Gasteiger charge is -2.25. The van der Waals surface area contributed by atoms with Crippen molar-refractivity contribution in [3.63, 3.8) is 0 Å². The van der Waals surface area contributed by atoms with Crippen LogP contribution in [-0.4, -0.2) is 45.2 Å². The van der Waals surface area contributed by atoms with Gasteiger partial charge in [0.2, 0.25) is 0 Å². The zero-order chi connectivity index (χ0) is 10.0. The van der Waals surface area contributed by atoms with Crippen LogP contribution in [0.25, 0.3) is 0 Å². The number of hydrogen-bond acceptors (Lipinski definition) is 4. The number of nitrogens with one attached hydrogen (secondary N) is 1. The van der Waals surface area contributed by atoms with Crippen LogP contribution in [-0.2, 0) is 14.6 Å². The third-order valence-corrected chi connectivity index (χ3v) is 4.56. The van der Waals surface area contributed by atoms with E-state index in [2.05, 4.69) is 5.32 Å². The molecule has 0 aromatic carbocycles. The topological polar surface area (TPSA) is 55.4 Å². The van der Waals surface area contributed by atoms with E-state index in [9.17, 15) is 8.42 Å². The molecule has 0 saturated carbocycles. The van der Waals surface area contributed by atoms with Crippen LogP contribution >= 0.6 is 0 Å². The molecule has 2 atom stereocenters. The molecule has 0 aromatic heterocycles. The van der Waals surface area contributed by atoms with Gasteiger partial charge in [-0.2, -0.15) is 0 Å². The Morgan fingerprint density at radius 1 is 1.21 bits per heavy atom. The van der Waals surface area contributed by atoms with E-state index < -0.39 is 9.84 Å². The summed E-state index contributed by atoms with van der Waals surface area (Å²) in [5.74, 6) is 0.529. The van der Waals surface area contributed by atoms with Gasteiger partial charge in [0, 0.05) is 6.54 Å². The normalized spacial score (nSPS) is 37.1. The third kappa shape index (κ3) is 2.68. The second-order valence-electron chi connectivity index (χ2n) is 4.13. The van der Waals surface area contributed by atoms with E-state index in [4.69, 9.17) is 4.74 Å². The summed E-state index contributed by atoms with van der Waals surface area (Å²) < 4.78 is 28.1. The minimum absolute atomic E-state index is 0.0510. The van der Waals surface area contributed by atoms with Crippen LogP contribution in [0.1, 0.15) is 19.3 Å². The standard InChI is InChI=1S/C9H17NO3S/c11-14(12)5-3-9(7-14)13-8-2-1-4-10-6-8/h8-10H,1-7H2/t8-,9?/m0/s1. The summed E-state index contributed by atoms with van der Waals surface area (Å²) in [6, 6.07) is 0. The van der Waals surface area contributed by atoms with Crippen LogP contribution in [0, 0.1) is 0 Å². The van der Waals surface area contributed by atoms with Gasteiger partial charge in [-0.15, -0.1) is 0 Å². The Labute approximate surface area is 84.9 Å². The summed E-state index contributed by atoms with van der Waals surface area (Å²) in [7, 11) is -2.79. The van der Waals surface area contributed by atoms with Crippen molar-refractivity contribution in [1.29, 1.82) is 0 Å². The van der Waals surface area contributed by atoms with Gasteiger partial charge in [0.25, 0.3) is 0 Å². The third-order valence-electron chi connectivity index (χ3n) is 2.83. The Hall–Kier alpha value is -0.130. The van der Waals surface area contributed by atoms with E-state index in [-0.39, 0.29) is 18.0 Å². The Kier molecular flexibility index (Phi) is 3.09. The van der Waals surface area contributed by atoms with E-state index in [1.54, 1.807) is 0 Å². The summed E-state index contributed by atoms with van der Waals surface area (Å²) in [5.41, 5.74) is 0. The predicted molar refractivity (Wildman–Crippen MR) is 54.0 cm³/mol. The second-order valence-corrected chi connectivity index (χ2v) is 6.36. The van der Waals surface area contributed by atoms with Crippen LogP contribution in [0.15, 0.2) is 0 Å². The van der Waals surface area contributed by atoms with Gasteiger partial charge in [-0.1, -0.05) is 0 Å². The fourth-order valence-electron chi connectivity index (χ4n) is 2.08. The summed E-state index contributed by atoms with van der Waals surface area (Å²) in [5, 5.41) is 3.26. The van der Waals surface area contributed by atoms with Crippen molar-refractivity contribution in [2.75, 3.05) is 24.6 Å². The quantitative estimate of drug-likeness (QED) is 0.707. The van der Waals surface area contributed by atoms with E-state index in [1.807, 2.05) is 0 Å². The molecule has 1 unspecified atom stereocenters. The molecule has 82 valence electrons. The van der Waals surface area contributed by atoms with E-state index in [1.165, 1.54) is 0 Å². The lowest BCUT2D eigenvalue weighted by Crippen LogP contribution is -2.37. The molecule has 2 saturated heterocycles. The number of rotatable bonds is 2. The number of sulfone groups is 1. The summed E-state index contributed by atoms with van der Waals surface area (Å²) in [6.07, 6.45) is 3.04. The first kappa shape index (κ1) is 10.4. The first-order valence-electron chi connectivity index (χ1n) is 5.22. The molecule has 2 rings (SSSR count). The van der Waals surface area contributed by atoms with E-state index in [0.717, 1.165) is 25.9 Å². The highest BCUT2D eigenvalue weighted by Crippen LogP contribution is 2.18. The minimum atomic E-state index is -2.79. The van der Waals surface area contributed by atoms with Crippen molar-refractivity contribution in [3.05, 3.63) is 0 Å². The molecule has 0 radical (unpaired) electrons. The first-order chi connectivity index (χ1) is 6.66. The molecular weight excluding hydrogens is 202 g/mol. The number of ether oxygens (including phenoxy) is 1. The Morgan fingerprint density at radius 2 is 2.07 bits per heavy atom. The van der Waals surface area contributed by atoms with Crippen LogP contribution in [0.2, 0.25) is 0 Å². The minimum Gasteiger partial charge on any atom is -0.373 e. The van der Waals surface area contributed by atoms with Gasteiger partial charge in [0.15, 0.2) is 9.84 Å². The maximum absolute atomic E-state index is 11.2. The Morgan fingerprint density at radius 3 is 2.64 bits per heavy atom. The highest BCUT2D eigenvalue weighted by molar-refractivity contribution is 7.91. The van der Waals surface area contributed by atoms with Crippen LogP contribution in [0.3, 0.4) is 0 Å². The summed E-state index contributed by atoms with van der Waals surface area (Å²) in [6.45, 7) is 1.93. The molecule has 0 aromatic rings. The molecule has 2 fully saturated rings. The van der Waals surface area contributed by atoms with Gasteiger partial charge in [-0.25, -0.2) is 8.42 Å². The fourth-order valence-corrected chi connectivity index (χ4v) is 3.68. The smallest absolute Gasteiger partial charge is 0.152 e. The van der Waals surface area contributed by atoms with Gasteiger partial charge in [-0.3, -0.25) is 0 Å². The highest BCUT2D eigenvalue weighted by atomic mass is 32.2. The highest BCUT2D eigenvalue weighted by Gasteiger charge is 2.30. The average molecular weight is 219 g/mol. The molecule has 2 aliphatic heterocycles. The van der Waals surface area contributed by atoms with Crippen molar-refractivity contribution in [2.24, 2.45) is 0 Å². The maximum atomic E-state index is 11.2. The predicted octanol–water partition coefficient (Wildman–Crippen LogP) is -0.0579. The van der Waals surface area contributed by atoms with E-state index >= 15 is 0 Å². The summed E-state index contributed by atoms with van der Waals surface area (Å²) >= 11 is 0.